The van der Waals surface area contributed by atoms with E-state index in [1.54, 1.807) is 7.05 Å². The number of guanidine groups is 1. The van der Waals surface area contributed by atoms with E-state index in [-0.39, 0.29) is 5.54 Å². The summed E-state index contributed by atoms with van der Waals surface area (Å²) in [5.74, 6) is 0.780. The first-order chi connectivity index (χ1) is 12.5. The molecule has 1 saturated heterocycles. The average Bonchev–Trinajstić information content (AvgIpc) is 2.64. The molecule has 0 aromatic rings. The molecule has 1 saturated carbocycles. The van der Waals surface area contributed by atoms with E-state index in [2.05, 4.69) is 25.2 Å². The van der Waals surface area contributed by atoms with Gasteiger partial charge in [-0.1, -0.05) is 19.3 Å². The summed E-state index contributed by atoms with van der Waals surface area (Å²) in [4.78, 5) is 6.91. The van der Waals surface area contributed by atoms with Crippen molar-refractivity contribution in [2.24, 2.45) is 4.99 Å². The number of hydrogen-bond acceptors (Lipinski definition) is 5. The highest BCUT2D eigenvalue weighted by atomic mass is 32.2. The molecule has 2 aliphatic rings. The van der Waals surface area contributed by atoms with Gasteiger partial charge in [0, 0.05) is 45.3 Å². The topological polar surface area (TPSA) is 95.1 Å². The van der Waals surface area contributed by atoms with E-state index >= 15 is 0 Å². The fourth-order valence-electron chi connectivity index (χ4n) is 3.87. The largest absolute Gasteiger partial charge is 0.379 e. The SMILES string of the molecule is CN=C(NCCCNS(C)(=O)=O)NCC1(N2CCOCC2)CCCCC1. The van der Waals surface area contributed by atoms with Gasteiger partial charge in [0.2, 0.25) is 10.0 Å². The molecular weight excluding hydrogens is 354 g/mol. The molecule has 1 aliphatic heterocycles. The lowest BCUT2D eigenvalue weighted by Gasteiger charge is -2.48. The van der Waals surface area contributed by atoms with Crippen molar-refractivity contribution in [1.29, 1.82) is 0 Å². The van der Waals surface area contributed by atoms with Gasteiger partial charge in [-0.3, -0.25) is 9.89 Å². The third-order valence-electron chi connectivity index (χ3n) is 5.28. The van der Waals surface area contributed by atoms with E-state index in [0.29, 0.717) is 19.5 Å². The first kappa shape index (κ1) is 21.4. The highest BCUT2D eigenvalue weighted by Gasteiger charge is 2.38. The molecule has 2 fully saturated rings. The minimum absolute atomic E-state index is 0.192. The Hall–Kier alpha value is -0.900. The van der Waals surface area contributed by atoms with Crippen LogP contribution >= 0.6 is 0 Å². The summed E-state index contributed by atoms with van der Waals surface area (Å²) in [6, 6.07) is 0. The van der Waals surface area contributed by atoms with Crippen LogP contribution in [0.5, 0.6) is 0 Å². The third-order valence-corrected chi connectivity index (χ3v) is 6.01. The maximum Gasteiger partial charge on any atom is 0.208 e. The fourth-order valence-corrected chi connectivity index (χ4v) is 4.39. The Morgan fingerprint density at radius 3 is 2.42 bits per heavy atom. The van der Waals surface area contributed by atoms with Gasteiger partial charge < -0.3 is 15.4 Å². The standard InChI is InChI=1S/C17H35N5O3S/c1-18-16(19-9-6-10-21-26(2,23)24)20-15-17(7-4-3-5-8-17)22-11-13-25-14-12-22/h21H,3-15H2,1-2H3,(H2,18,19,20). The molecule has 152 valence electrons. The molecule has 0 spiro atoms. The van der Waals surface area contributed by atoms with Crippen LogP contribution in [0.2, 0.25) is 0 Å². The van der Waals surface area contributed by atoms with Gasteiger partial charge in [-0.25, -0.2) is 13.1 Å². The monoisotopic (exact) mass is 389 g/mol. The number of morpholine rings is 1. The molecule has 1 heterocycles. The van der Waals surface area contributed by atoms with Crippen molar-refractivity contribution in [3.05, 3.63) is 0 Å². The molecule has 26 heavy (non-hydrogen) atoms. The van der Waals surface area contributed by atoms with E-state index in [0.717, 1.165) is 38.8 Å². The van der Waals surface area contributed by atoms with Gasteiger partial charge in [-0.2, -0.15) is 0 Å². The van der Waals surface area contributed by atoms with Crippen molar-refractivity contribution in [2.45, 2.75) is 44.1 Å². The van der Waals surface area contributed by atoms with Crippen LogP contribution in [0.15, 0.2) is 4.99 Å². The third kappa shape index (κ3) is 7.02. The van der Waals surface area contributed by atoms with Crippen LogP contribution in [0.1, 0.15) is 38.5 Å². The number of sulfonamides is 1. The summed E-state index contributed by atoms with van der Waals surface area (Å²) < 4.78 is 30.2. The van der Waals surface area contributed by atoms with Crippen molar-refractivity contribution in [2.75, 3.05) is 59.2 Å². The van der Waals surface area contributed by atoms with Crippen molar-refractivity contribution in [3.8, 4) is 0 Å². The van der Waals surface area contributed by atoms with Crippen LogP contribution in [0.4, 0.5) is 0 Å². The van der Waals surface area contributed by atoms with Gasteiger partial charge in [-0.15, -0.1) is 0 Å². The summed E-state index contributed by atoms with van der Waals surface area (Å²) in [7, 11) is -1.34. The molecule has 0 atom stereocenters. The zero-order valence-corrected chi connectivity index (χ0v) is 17.0. The maximum absolute atomic E-state index is 11.1. The van der Waals surface area contributed by atoms with Crippen LogP contribution in [-0.4, -0.2) is 84.1 Å². The first-order valence-electron chi connectivity index (χ1n) is 9.67. The number of aliphatic imine (C=N–C) groups is 1. The van der Waals surface area contributed by atoms with E-state index in [1.165, 1.54) is 38.4 Å². The summed E-state index contributed by atoms with van der Waals surface area (Å²) in [5, 5.41) is 6.78. The smallest absolute Gasteiger partial charge is 0.208 e. The van der Waals surface area contributed by atoms with E-state index in [1.807, 2.05) is 0 Å². The Morgan fingerprint density at radius 2 is 1.81 bits per heavy atom. The quantitative estimate of drug-likeness (QED) is 0.310. The molecule has 9 heteroatoms. The minimum atomic E-state index is -3.12. The van der Waals surface area contributed by atoms with Gasteiger partial charge in [0.15, 0.2) is 5.96 Å². The van der Waals surface area contributed by atoms with E-state index < -0.39 is 10.0 Å². The highest BCUT2D eigenvalue weighted by Crippen LogP contribution is 2.33. The summed E-state index contributed by atoms with van der Waals surface area (Å²) in [6.45, 7) is 5.64. The fraction of sp³-hybridized carbons (Fsp3) is 0.941. The second kappa shape index (κ2) is 10.4. The Labute approximate surface area is 158 Å². The molecular formula is C17H35N5O3S. The molecule has 0 radical (unpaired) electrons. The summed E-state index contributed by atoms with van der Waals surface area (Å²) in [5.41, 5.74) is 0.192. The molecule has 2 rings (SSSR count). The Bertz CT molecular complexity index is 541. The number of nitrogens with zero attached hydrogens (tertiary/aromatic N) is 2. The van der Waals surface area contributed by atoms with Crippen LogP contribution in [-0.2, 0) is 14.8 Å². The van der Waals surface area contributed by atoms with Crippen LogP contribution in [0.25, 0.3) is 0 Å². The molecule has 8 nitrogen and oxygen atoms in total. The number of hydrogen-bond donors (Lipinski definition) is 3. The Kier molecular flexibility index (Phi) is 8.59. The van der Waals surface area contributed by atoms with Gasteiger partial charge in [-0.05, 0) is 19.3 Å². The van der Waals surface area contributed by atoms with Crippen molar-refractivity contribution in [1.82, 2.24) is 20.3 Å². The molecule has 0 amide bonds. The number of rotatable bonds is 8. The van der Waals surface area contributed by atoms with E-state index in [9.17, 15) is 8.42 Å². The number of ether oxygens (including phenoxy) is 1. The van der Waals surface area contributed by atoms with Crippen LogP contribution in [0, 0.1) is 0 Å². The van der Waals surface area contributed by atoms with Crippen LogP contribution in [0.3, 0.4) is 0 Å². The zero-order chi connectivity index (χ0) is 18.9. The molecule has 0 unspecified atom stereocenters. The first-order valence-corrected chi connectivity index (χ1v) is 11.6. The highest BCUT2D eigenvalue weighted by molar-refractivity contribution is 7.88. The summed E-state index contributed by atoms with van der Waals surface area (Å²) >= 11 is 0. The van der Waals surface area contributed by atoms with Crippen molar-refractivity contribution >= 4 is 16.0 Å². The molecule has 0 aromatic carbocycles. The minimum Gasteiger partial charge on any atom is -0.379 e. The van der Waals surface area contributed by atoms with Gasteiger partial charge in [0.1, 0.15) is 0 Å². The summed E-state index contributed by atoms with van der Waals surface area (Å²) in [6.07, 6.45) is 8.21. The Balaban J connectivity index is 1.80. The Morgan fingerprint density at radius 1 is 1.12 bits per heavy atom. The number of nitrogens with one attached hydrogen (secondary N) is 3. The zero-order valence-electron chi connectivity index (χ0n) is 16.2. The maximum atomic E-state index is 11.1. The average molecular weight is 390 g/mol. The van der Waals surface area contributed by atoms with Gasteiger partial charge in [0.05, 0.1) is 19.5 Å². The molecule has 3 N–H and O–H groups in total. The lowest BCUT2D eigenvalue weighted by atomic mass is 9.80. The van der Waals surface area contributed by atoms with Crippen molar-refractivity contribution < 1.29 is 13.2 Å². The lowest BCUT2D eigenvalue weighted by Crippen LogP contribution is -2.60. The predicted molar refractivity (Wildman–Crippen MR) is 105 cm³/mol. The lowest BCUT2D eigenvalue weighted by molar-refractivity contribution is -0.0352. The second-order valence-electron chi connectivity index (χ2n) is 7.26. The molecule has 0 aromatic heterocycles. The molecule has 0 bridgehead atoms. The van der Waals surface area contributed by atoms with E-state index in [4.69, 9.17) is 4.74 Å². The predicted octanol–water partition coefficient (Wildman–Crippen LogP) is 0.126. The van der Waals surface area contributed by atoms with Gasteiger partial charge >= 0.3 is 0 Å². The normalized spacial score (nSPS) is 22.2. The molecule has 1 aliphatic carbocycles. The van der Waals surface area contributed by atoms with Gasteiger partial charge in [0.25, 0.3) is 0 Å². The second-order valence-corrected chi connectivity index (χ2v) is 9.09. The van der Waals surface area contributed by atoms with Crippen LogP contribution < -0.4 is 15.4 Å². The van der Waals surface area contributed by atoms with Crippen molar-refractivity contribution in [3.63, 3.8) is 0 Å².